The summed E-state index contributed by atoms with van der Waals surface area (Å²) in [5, 5.41) is 6.85. The molecule has 0 aliphatic heterocycles. The predicted molar refractivity (Wildman–Crippen MR) is 81.8 cm³/mol. The highest BCUT2D eigenvalue weighted by Crippen LogP contribution is 2.15. The molecule has 4 nitrogen and oxygen atoms in total. The first kappa shape index (κ1) is 14.3. The van der Waals surface area contributed by atoms with Gasteiger partial charge in [-0.25, -0.2) is 4.79 Å². The Labute approximate surface area is 119 Å². The number of benzene rings is 1. The minimum Gasteiger partial charge on any atom is -0.338 e. The lowest BCUT2D eigenvalue weighted by molar-refractivity contribution is 0.241. The van der Waals surface area contributed by atoms with Gasteiger partial charge in [-0.15, -0.1) is 0 Å². The Morgan fingerprint density at radius 2 is 1.95 bits per heavy atom. The molecular formula is C16H21N3O. The predicted octanol–water partition coefficient (Wildman–Crippen LogP) is 2.88. The molecule has 2 aromatic rings. The Bertz CT molecular complexity index is 563. The van der Waals surface area contributed by atoms with Crippen molar-refractivity contribution in [1.82, 2.24) is 15.6 Å². The van der Waals surface area contributed by atoms with Crippen LogP contribution in [0.25, 0.3) is 10.9 Å². The summed E-state index contributed by atoms with van der Waals surface area (Å²) in [6.07, 6.45) is 4.69. The number of aromatic nitrogens is 1. The van der Waals surface area contributed by atoms with Gasteiger partial charge in [-0.1, -0.05) is 37.6 Å². The highest BCUT2D eigenvalue weighted by atomic mass is 16.2. The van der Waals surface area contributed by atoms with Crippen molar-refractivity contribution >= 4 is 16.9 Å². The average molecular weight is 271 g/mol. The third kappa shape index (κ3) is 3.95. The second-order valence-corrected chi connectivity index (χ2v) is 4.78. The molecule has 0 unspecified atom stereocenters. The minimum atomic E-state index is -0.0911. The Hall–Kier alpha value is -2.10. The van der Waals surface area contributed by atoms with E-state index < -0.39 is 0 Å². The van der Waals surface area contributed by atoms with Crippen LogP contribution in [0.3, 0.4) is 0 Å². The maximum atomic E-state index is 11.5. The van der Waals surface area contributed by atoms with Crippen LogP contribution in [0.5, 0.6) is 0 Å². The van der Waals surface area contributed by atoms with Crippen LogP contribution in [0.2, 0.25) is 0 Å². The fraction of sp³-hybridized carbons (Fsp3) is 0.375. The molecule has 1 aromatic carbocycles. The van der Waals surface area contributed by atoms with Crippen LogP contribution in [-0.2, 0) is 6.42 Å². The van der Waals surface area contributed by atoms with Gasteiger partial charge in [-0.05, 0) is 24.5 Å². The highest BCUT2D eigenvalue weighted by Gasteiger charge is 2.03. The summed E-state index contributed by atoms with van der Waals surface area (Å²) in [6, 6.07) is 10.0. The van der Waals surface area contributed by atoms with E-state index >= 15 is 0 Å². The van der Waals surface area contributed by atoms with E-state index in [0.29, 0.717) is 6.54 Å². The van der Waals surface area contributed by atoms with Crippen molar-refractivity contribution in [3.63, 3.8) is 0 Å². The topological polar surface area (TPSA) is 54.0 Å². The number of urea groups is 1. The molecule has 2 rings (SSSR count). The number of pyridine rings is 1. The van der Waals surface area contributed by atoms with Gasteiger partial charge in [0, 0.05) is 24.7 Å². The first-order valence-electron chi connectivity index (χ1n) is 7.15. The first-order valence-corrected chi connectivity index (χ1v) is 7.15. The summed E-state index contributed by atoms with van der Waals surface area (Å²) in [7, 11) is 0. The van der Waals surface area contributed by atoms with E-state index in [1.54, 1.807) is 6.20 Å². The number of nitrogens with zero attached hydrogens (tertiary/aromatic N) is 1. The van der Waals surface area contributed by atoms with Crippen molar-refractivity contribution in [2.75, 3.05) is 13.1 Å². The number of fused-ring (bicyclic) bond motifs is 1. The van der Waals surface area contributed by atoms with Gasteiger partial charge in [0.15, 0.2) is 0 Å². The number of rotatable bonds is 6. The quantitative estimate of drug-likeness (QED) is 0.794. The molecule has 0 aliphatic rings. The first-order chi connectivity index (χ1) is 9.81. The molecule has 0 atom stereocenters. The van der Waals surface area contributed by atoms with Crippen molar-refractivity contribution in [3.8, 4) is 0 Å². The van der Waals surface area contributed by atoms with Crippen LogP contribution in [-0.4, -0.2) is 24.1 Å². The number of amides is 2. The molecule has 0 spiro atoms. The van der Waals surface area contributed by atoms with Crippen LogP contribution in [0.1, 0.15) is 25.3 Å². The Morgan fingerprint density at radius 1 is 1.15 bits per heavy atom. The molecule has 20 heavy (non-hydrogen) atoms. The Balaban J connectivity index is 1.85. The van der Waals surface area contributed by atoms with E-state index in [1.807, 2.05) is 12.1 Å². The summed E-state index contributed by atoms with van der Waals surface area (Å²) in [4.78, 5) is 15.9. The summed E-state index contributed by atoms with van der Waals surface area (Å²) < 4.78 is 0. The van der Waals surface area contributed by atoms with E-state index in [9.17, 15) is 4.79 Å². The summed E-state index contributed by atoms with van der Waals surface area (Å²) in [5.41, 5.74) is 2.18. The van der Waals surface area contributed by atoms with Crippen LogP contribution in [0, 0.1) is 0 Å². The average Bonchev–Trinajstić information content (AvgIpc) is 2.48. The molecule has 0 fully saturated rings. The molecule has 2 N–H and O–H groups in total. The lowest BCUT2D eigenvalue weighted by atomic mass is 10.1. The molecule has 0 aliphatic carbocycles. The second kappa shape index (κ2) is 7.48. The van der Waals surface area contributed by atoms with Gasteiger partial charge >= 0.3 is 6.03 Å². The molecule has 1 aromatic heterocycles. The van der Waals surface area contributed by atoms with Crippen LogP contribution < -0.4 is 10.6 Å². The fourth-order valence-electron chi connectivity index (χ4n) is 2.12. The summed E-state index contributed by atoms with van der Waals surface area (Å²) in [6.45, 7) is 3.46. The number of para-hydroxylation sites is 1. The number of carbonyl (C=O) groups excluding carboxylic acids is 1. The third-order valence-corrected chi connectivity index (χ3v) is 3.21. The smallest absolute Gasteiger partial charge is 0.314 e. The molecule has 4 heteroatoms. The van der Waals surface area contributed by atoms with Gasteiger partial charge < -0.3 is 10.6 Å². The van der Waals surface area contributed by atoms with Crippen molar-refractivity contribution in [2.24, 2.45) is 0 Å². The van der Waals surface area contributed by atoms with E-state index in [1.165, 1.54) is 0 Å². The van der Waals surface area contributed by atoms with Gasteiger partial charge in [0.1, 0.15) is 0 Å². The normalized spacial score (nSPS) is 10.4. The minimum absolute atomic E-state index is 0.0911. The molecule has 2 amide bonds. The monoisotopic (exact) mass is 271 g/mol. The second-order valence-electron chi connectivity index (χ2n) is 4.78. The number of nitrogens with one attached hydrogen (secondary N) is 2. The van der Waals surface area contributed by atoms with Gasteiger partial charge in [0.2, 0.25) is 0 Å². The fourth-order valence-corrected chi connectivity index (χ4v) is 2.12. The molecule has 1 heterocycles. The van der Waals surface area contributed by atoms with Crippen LogP contribution in [0.15, 0.2) is 36.5 Å². The Kier molecular flexibility index (Phi) is 5.35. The zero-order chi connectivity index (χ0) is 14.2. The number of hydrogen-bond acceptors (Lipinski definition) is 2. The largest absolute Gasteiger partial charge is 0.338 e. The molecule has 0 radical (unpaired) electrons. The third-order valence-electron chi connectivity index (χ3n) is 3.21. The molecule has 106 valence electrons. The SMILES string of the molecule is CCCCNC(=O)NCCc1cccc2cccnc12. The van der Waals surface area contributed by atoms with E-state index in [0.717, 1.165) is 42.3 Å². The maximum Gasteiger partial charge on any atom is 0.314 e. The van der Waals surface area contributed by atoms with Gasteiger partial charge in [-0.2, -0.15) is 0 Å². The standard InChI is InChI=1S/C16H21N3O/c1-2-3-10-18-16(20)19-12-9-14-7-4-6-13-8-5-11-17-15(13)14/h4-8,11H,2-3,9-10,12H2,1H3,(H2,18,19,20). The highest BCUT2D eigenvalue weighted by molar-refractivity contribution is 5.81. The van der Waals surface area contributed by atoms with Crippen molar-refractivity contribution in [2.45, 2.75) is 26.2 Å². The molecule has 0 saturated heterocycles. The number of carbonyl (C=O) groups is 1. The number of hydrogen-bond donors (Lipinski definition) is 2. The van der Waals surface area contributed by atoms with E-state index in [-0.39, 0.29) is 6.03 Å². The van der Waals surface area contributed by atoms with E-state index in [2.05, 4.69) is 40.7 Å². The maximum absolute atomic E-state index is 11.5. The van der Waals surface area contributed by atoms with Crippen molar-refractivity contribution in [1.29, 1.82) is 0 Å². The van der Waals surface area contributed by atoms with Crippen LogP contribution >= 0.6 is 0 Å². The van der Waals surface area contributed by atoms with Crippen molar-refractivity contribution < 1.29 is 4.79 Å². The lowest BCUT2D eigenvalue weighted by Gasteiger charge is -2.08. The lowest BCUT2D eigenvalue weighted by Crippen LogP contribution is -2.37. The Morgan fingerprint density at radius 3 is 2.80 bits per heavy atom. The summed E-state index contributed by atoms with van der Waals surface area (Å²) in [5.74, 6) is 0. The zero-order valence-electron chi connectivity index (χ0n) is 11.9. The van der Waals surface area contributed by atoms with Gasteiger partial charge in [0.05, 0.1) is 5.52 Å². The molecule has 0 saturated carbocycles. The van der Waals surface area contributed by atoms with Crippen LogP contribution in [0.4, 0.5) is 4.79 Å². The van der Waals surface area contributed by atoms with Gasteiger partial charge in [0.25, 0.3) is 0 Å². The molecular weight excluding hydrogens is 250 g/mol. The van der Waals surface area contributed by atoms with E-state index in [4.69, 9.17) is 0 Å². The van der Waals surface area contributed by atoms with Gasteiger partial charge in [-0.3, -0.25) is 4.98 Å². The summed E-state index contributed by atoms with van der Waals surface area (Å²) >= 11 is 0. The zero-order valence-corrected chi connectivity index (χ0v) is 11.9. The molecule has 0 bridgehead atoms. The number of unbranched alkanes of at least 4 members (excludes halogenated alkanes) is 1. The van der Waals surface area contributed by atoms with Crippen molar-refractivity contribution in [3.05, 3.63) is 42.1 Å².